The molecule has 0 saturated heterocycles. The third-order valence-electron chi connectivity index (χ3n) is 2.25. The van der Waals surface area contributed by atoms with Crippen molar-refractivity contribution >= 4 is 37.9 Å². The molecule has 0 radical (unpaired) electrons. The molecule has 17 heavy (non-hydrogen) atoms. The quantitative estimate of drug-likeness (QED) is 0.899. The summed E-state index contributed by atoms with van der Waals surface area (Å²) in [7, 11) is -2.35. The van der Waals surface area contributed by atoms with E-state index < -0.39 is 10.0 Å². The molecular formula is C8H10ClN3O3S2. The zero-order chi connectivity index (χ0) is 12.6. The fraction of sp³-hybridized carbons (Fsp3) is 0.375. The topological polar surface area (TPSA) is 74.9 Å². The molecule has 94 valence electrons. The average Bonchev–Trinajstić information content (AvgIpc) is 2.76. The number of hydrogen-bond acceptors (Lipinski definition) is 5. The number of halogens is 1. The maximum absolute atomic E-state index is 12.2. The molecular weight excluding hydrogens is 286 g/mol. The van der Waals surface area contributed by atoms with Gasteiger partial charge in [-0.1, -0.05) is 11.6 Å². The smallest absolute Gasteiger partial charge is 0.262 e. The Morgan fingerprint density at radius 3 is 3.00 bits per heavy atom. The number of aromatic nitrogens is 2. The molecule has 0 aliphatic heterocycles. The number of aliphatic hydroxyl groups is 1. The number of likely N-dealkylation sites (N-methyl/N-ethyl adjacent to an activating group) is 1. The summed E-state index contributed by atoms with van der Waals surface area (Å²) in [5.41, 5.74) is 0. The van der Waals surface area contributed by atoms with Gasteiger partial charge in [-0.05, 0) is 0 Å². The molecule has 6 nitrogen and oxygen atoms in total. The molecule has 0 fully saturated rings. The Balaban J connectivity index is 2.59. The lowest BCUT2D eigenvalue weighted by Crippen LogP contribution is -2.30. The molecule has 0 saturated carbocycles. The van der Waals surface area contributed by atoms with Crippen LogP contribution in [0, 0.1) is 0 Å². The first-order valence-corrected chi connectivity index (χ1v) is 7.36. The Labute approximate surface area is 107 Å². The highest BCUT2D eigenvalue weighted by atomic mass is 35.5. The lowest BCUT2D eigenvalue weighted by molar-refractivity contribution is 0.266. The molecule has 0 aliphatic carbocycles. The Morgan fingerprint density at radius 1 is 1.65 bits per heavy atom. The van der Waals surface area contributed by atoms with Gasteiger partial charge in [0.25, 0.3) is 10.0 Å². The van der Waals surface area contributed by atoms with Crippen LogP contribution in [0.5, 0.6) is 0 Å². The Hall–Kier alpha value is -0.670. The Kier molecular flexibility index (Phi) is 3.41. The minimum absolute atomic E-state index is 0.00995. The van der Waals surface area contributed by atoms with Crippen LogP contribution in [0.25, 0.3) is 4.96 Å². The van der Waals surface area contributed by atoms with Gasteiger partial charge in [-0.25, -0.2) is 13.4 Å². The second-order valence-electron chi connectivity index (χ2n) is 3.31. The van der Waals surface area contributed by atoms with E-state index in [2.05, 4.69) is 4.98 Å². The summed E-state index contributed by atoms with van der Waals surface area (Å²) in [6, 6.07) is 0. The van der Waals surface area contributed by atoms with Gasteiger partial charge in [0.1, 0.15) is 0 Å². The molecule has 1 N–H and O–H groups in total. The monoisotopic (exact) mass is 295 g/mol. The van der Waals surface area contributed by atoms with Gasteiger partial charge < -0.3 is 5.11 Å². The molecule has 0 spiro atoms. The summed E-state index contributed by atoms with van der Waals surface area (Å²) >= 11 is 7.14. The van der Waals surface area contributed by atoms with Gasteiger partial charge in [-0.15, -0.1) is 11.3 Å². The van der Waals surface area contributed by atoms with Crippen LogP contribution in [0.15, 0.2) is 16.6 Å². The van der Waals surface area contributed by atoms with Crippen LogP contribution in [-0.4, -0.2) is 47.4 Å². The van der Waals surface area contributed by atoms with E-state index in [1.807, 2.05) is 0 Å². The van der Waals surface area contributed by atoms with E-state index in [0.717, 1.165) is 4.31 Å². The minimum Gasteiger partial charge on any atom is -0.395 e. The van der Waals surface area contributed by atoms with Crippen molar-refractivity contribution in [3.63, 3.8) is 0 Å². The molecule has 2 heterocycles. The number of imidazole rings is 1. The van der Waals surface area contributed by atoms with Crippen molar-refractivity contribution in [1.29, 1.82) is 0 Å². The van der Waals surface area contributed by atoms with Crippen LogP contribution in [0.4, 0.5) is 0 Å². The molecule has 2 aromatic heterocycles. The Bertz CT molecular complexity index is 634. The number of sulfonamides is 1. The van der Waals surface area contributed by atoms with Gasteiger partial charge >= 0.3 is 0 Å². The highest BCUT2D eigenvalue weighted by Crippen LogP contribution is 2.27. The summed E-state index contributed by atoms with van der Waals surface area (Å²) < 4.78 is 26.8. The van der Waals surface area contributed by atoms with Gasteiger partial charge in [0.15, 0.2) is 15.1 Å². The SMILES string of the molecule is CN(CCO)S(=O)(=O)c1c(Cl)nc2sccn12. The van der Waals surface area contributed by atoms with Crippen molar-refractivity contribution in [2.24, 2.45) is 0 Å². The van der Waals surface area contributed by atoms with E-state index in [1.54, 1.807) is 11.6 Å². The van der Waals surface area contributed by atoms with Crippen LogP contribution in [0.2, 0.25) is 5.15 Å². The van der Waals surface area contributed by atoms with Crippen LogP contribution < -0.4 is 0 Å². The number of nitrogens with zero attached hydrogens (tertiary/aromatic N) is 3. The van der Waals surface area contributed by atoms with Crippen LogP contribution in [-0.2, 0) is 10.0 Å². The molecule has 9 heteroatoms. The van der Waals surface area contributed by atoms with E-state index in [1.165, 1.54) is 22.8 Å². The summed E-state index contributed by atoms with van der Waals surface area (Å²) in [5, 5.41) is 10.4. The largest absolute Gasteiger partial charge is 0.395 e. The van der Waals surface area contributed by atoms with Crippen LogP contribution >= 0.6 is 22.9 Å². The zero-order valence-electron chi connectivity index (χ0n) is 8.87. The molecule has 0 aromatic carbocycles. The highest BCUT2D eigenvalue weighted by Gasteiger charge is 2.28. The van der Waals surface area contributed by atoms with Crippen LogP contribution in [0.1, 0.15) is 0 Å². The molecule has 0 amide bonds. The van der Waals surface area contributed by atoms with E-state index in [-0.39, 0.29) is 23.3 Å². The first-order valence-electron chi connectivity index (χ1n) is 4.66. The molecule has 2 aromatic rings. The van der Waals surface area contributed by atoms with Gasteiger partial charge in [0.2, 0.25) is 0 Å². The summed E-state index contributed by atoms with van der Waals surface area (Å²) in [5.74, 6) is 0. The van der Waals surface area contributed by atoms with Gasteiger partial charge in [-0.2, -0.15) is 4.31 Å². The minimum atomic E-state index is -3.74. The molecule has 0 aliphatic rings. The lowest BCUT2D eigenvalue weighted by atomic mass is 10.7. The van der Waals surface area contributed by atoms with E-state index >= 15 is 0 Å². The first kappa shape index (κ1) is 12.8. The molecule has 2 rings (SSSR count). The summed E-state index contributed by atoms with van der Waals surface area (Å²) in [4.78, 5) is 4.48. The number of thiazole rings is 1. The van der Waals surface area contributed by atoms with Crippen LogP contribution in [0.3, 0.4) is 0 Å². The van der Waals surface area contributed by atoms with Crippen molar-refractivity contribution in [3.8, 4) is 0 Å². The summed E-state index contributed by atoms with van der Waals surface area (Å²) in [6.07, 6.45) is 1.60. The average molecular weight is 296 g/mol. The molecule has 0 unspecified atom stereocenters. The summed E-state index contributed by atoms with van der Waals surface area (Å²) in [6.45, 7) is -0.241. The fourth-order valence-electron chi connectivity index (χ4n) is 1.38. The standard InChI is InChI=1S/C8H10ClN3O3S2/c1-11(2-4-13)17(14,15)7-6(9)10-8-12(7)3-5-16-8/h3,5,13H,2,4H2,1H3. The molecule has 0 atom stereocenters. The predicted molar refractivity (Wildman–Crippen MR) is 65.0 cm³/mol. The number of fused-ring (bicyclic) bond motifs is 1. The maximum Gasteiger partial charge on any atom is 0.262 e. The molecule has 0 bridgehead atoms. The normalized spacial score (nSPS) is 12.7. The van der Waals surface area contributed by atoms with E-state index in [4.69, 9.17) is 16.7 Å². The number of aliphatic hydroxyl groups excluding tert-OH is 1. The highest BCUT2D eigenvalue weighted by molar-refractivity contribution is 7.89. The second kappa shape index (κ2) is 4.54. The van der Waals surface area contributed by atoms with Crippen molar-refractivity contribution < 1.29 is 13.5 Å². The zero-order valence-corrected chi connectivity index (χ0v) is 11.3. The maximum atomic E-state index is 12.2. The first-order chi connectivity index (χ1) is 7.98. The van der Waals surface area contributed by atoms with Gasteiger partial charge in [0, 0.05) is 25.2 Å². The number of rotatable bonds is 4. The van der Waals surface area contributed by atoms with E-state index in [9.17, 15) is 8.42 Å². The Morgan fingerprint density at radius 2 is 2.35 bits per heavy atom. The van der Waals surface area contributed by atoms with Gasteiger partial charge in [0.05, 0.1) is 6.61 Å². The number of hydrogen-bond donors (Lipinski definition) is 1. The third-order valence-corrected chi connectivity index (χ3v) is 5.26. The third kappa shape index (κ3) is 2.06. The fourth-order valence-corrected chi connectivity index (χ4v) is 3.94. The predicted octanol–water partition coefficient (Wildman–Crippen LogP) is 0.662. The van der Waals surface area contributed by atoms with Crippen molar-refractivity contribution in [3.05, 3.63) is 16.7 Å². The second-order valence-corrected chi connectivity index (χ2v) is 6.50. The van der Waals surface area contributed by atoms with Crippen molar-refractivity contribution in [2.45, 2.75) is 5.03 Å². The van der Waals surface area contributed by atoms with Crippen molar-refractivity contribution in [2.75, 3.05) is 20.2 Å². The van der Waals surface area contributed by atoms with E-state index in [0.29, 0.717) is 4.96 Å². The van der Waals surface area contributed by atoms with Crippen molar-refractivity contribution in [1.82, 2.24) is 13.7 Å². The van der Waals surface area contributed by atoms with Gasteiger partial charge in [-0.3, -0.25) is 4.40 Å². The lowest BCUT2D eigenvalue weighted by Gasteiger charge is -2.14.